The second-order valence-electron chi connectivity index (χ2n) is 5.08. The Morgan fingerprint density at radius 3 is 2.40 bits per heavy atom. The normalized spacial score (nSPS) is 10.2. The van der Waals surface area contributed by atoms with E-state index >= 15 is 0 Å². The van der Waals surface area contributed by atoms with E-state index in [0.717, 1.165) is 5.69 Å². The summed E-state index contributed by atoms with van der Waals surface area (Å²) < 4.78 is 5.26. The molecule has 0 aliphatic rings. The predicted octanol–water partition coefficient (Wildman–Crippen LogP) is 4.13. The van der Waals surface area contributed by atoms with Gasteiger partial charge in [-0.2, -0.15) is 0 Å². The number of hydrogen-bond acceptors (Lipinski definition) is 5. The first-order valence-corrected chi connectivity index (χ1v) is 7.82. The second-order valence-corrected chi connectivity index (χ2v) is 5.52. The molecule has 0 spiro atoms. The molecule has 126 valence electrons. The maximum absolute atomic E-state index is 12.2. The highest BCUT2D eigenvalue weighted by molar-refractivity contribution is 6.30. The van der Waals surface area contributed by atoms with Crippen LogP contribution in [0.1, 0.15) is 10.4 Å². The van der Waals surface area contributed by atoms with Crippen molar-refractivity contribution < 1.29 is 9.53 Å². The Morgan fingerprint density at radius 2 is 1.72 bits per heavy atom. The van der Waals surface area contributed by atoms with Crippen LogP contribution in [0.3, 0.4) is 0 Å². The number of rotatable bonds is 5. The van der Waals surface area contributed by atoms with E-state index in [-0.39, 0.29) is 5.91 Å². The molecule has 0 radical (unpaired) electrons. The highest BCUT2D eigenvalue weighted by Crippen LogP contribution is 2.25. The Morgan fingerprint density at radius 1 is 1.04 bits per heavy atom. The summed E-state index contributed by atoms with van der Waals surface area (Å²) in [5.74, 6) is 0.745. The molecular weight excluding hydrogens is 340 g/mol. The Balaban J connectivity index is 1.69. The lowest BCUT2D eigenvalue weighted by atomic mass is 10.2. The van der Waals surface area contributed by atoms with Crippen molar-refractivity contribution in [3.63, 3.8) is 0 Å². The first kappa shape index (κ1) is 16.7. The third-order valence-corrected chi connectivity index (χ3v) is 3.62. The number of para-hydroxylation sites is 2. The van der Waals surface area contributed by atoms with Crippen LogP contribution in [0.2, 0.25) is 5.02 Å². The number of carbonyl (C=O) groups is 1. The molecule has 25 heavy (non-hydrogen) atoms. The summed E-state index contributed by atoms with van der Waals surface area (Å²) in [5, 5.41) is 6.41. The van der Waals surface area contributed by atoms with E-state index in [0.29, 0.717) is 28.0 Å². The van der Waals surface area contributed by atoms with Gasteiger partial charge in [0, 0.05) is 23.1 Å². The van der Waals surface area contributed by atoms with E-state index in [1.165, 1.54) is 12.4 Å². The molecule has 0 unspecified atom stereocenters. The van der Waals surface area contributed by atoms with Crippen LogP contribution in [0.4, 0.5) is 17.3 Å². The maximum Gasteiger partial charge on any atom is 0.258 e. The van der Waals surface area contributed by atoms with E-state index in [1.54, 1.807) is 31.4 Å². The molecule has 1 heterocycles. The van der Waals surface area contributed by atoms with E-state index in [1.807, 2.05) is 24.3 Å². The number of nitrogens with one attached hydrogen (secondary N) is 2. The summed E-state index contributed by atoms with van der Waals surface area (Å²) in [6.45, 7) is 0. The van der Waals surface area contributed by atoms with Crippen LogP contribution in [-0.2, 0) is 0 Å². The van der Waals surface area contributed by atoms with Gasteiger partial charge in [-0.25, -0.2) is 9.97 Å². The number of carbonyl (C=O) groups excluding carboxylic acids is 1. The standard InChI is InChI=1S/C18H15ClN4O2/c1-25-16-5-3-2-4-15(16)23-18-20-10-12(11-21-18)17(24)22-14-8-6-13(19)7-9-14/h2-11H,1H3,(H,22,24)(H,20,21,23). The maximum atomic E-state index is 12.2. The third-order valence-electron chi connectivity index (χ3n) is 3.37. The number of benzene rings is 2. The van der Waals surface area contributed by atoms with Crippen molar-refractivity contribution in [2.75, 3.05) is 17.7 Å². The van der Waals surface area contributed by atoms with Gasteiger partial charge in [0.2, 0.25) is 5.95 Å². The quantitative estimate of drug-likeness (QED) is 0.720. The van der Waals surface area contributed by atoms with Crippen molar-refractivity contribution in [3.8, 4) is 5.75 Å². The number of nitrogens with zero attached hydrogens (tertiary/aromatic N) is 2. The monoisotopic (exact) mass is 354 g/mol. The van der Waals surface area contributed by atoms with Crippen molar-refractivity contribution >= 4 is 34.8 Å². The molecule has 3 aromatic rings. The van der Waals surface area contributed by atoms with Gasteiger partial charge >= 0.3 is 0 Å². The lowest BCUT2D eigenvalue weighted by Crippen LogP contribution is -2.13. The zero-order chi connectivity index (χ0) is 17.6. The lowest BCUT2D eigenvalue weighted by Gasteiger charge is -2.10. The number of halogens is 1. The molecule has 0 aliphatic carbocycles. The molecule has 6 nitrogen and oxygen atoms in total. The van der Waals surface area contributed by atoms with Gasteiger partial charge in [0.25, 0.3) is 5.91 Å². The highest BCUT2D eigenvalue weighted by atomic mass is 35.5. The van der Waals surface area contributed by atoms with Gasteiger partial charge in [-0.15, -0.1) is 0 Å². The number of methoxy groups -OCH3 is 1. The summed E-state index contributed by atoms with van der Waals surface area (Å²) in [7, 11) is 1.59. The minimum atomic E-state index is -0.300. The molecule has 7 heteroatoms. The minimum absolute atomic E-state index is 0.300. The van der Waals surface area contributed by atoms with Crippen LogP contribution in [0.25, 0.3) is 0 Å². The molecular formula is C18H15ClN4O2. The fourth-order valence-electron chi connectivity index (χ4n) is 2.11. The van der Waals surface area contributed by atoms with Crippen LogP contribution in [-0.4, -0.2) is 23.0 Å². The molecule has 0 atom stereocenters. The number of amides is 1. The van der Waals surface area contributed by atoms with E-state index in [9.17, 15) is 4.79 Å². The molecule has 0 saturated heterocycles. The van der Waals surface area contributed by atoms with Crippen molar-refractivity contribution in [2.24, 2.45) is 0 Å². The van der Waals surface area contributed by atoms with Crippen molar-refractivity contribution in [1.29, 1.82) is 0 Å². The van der Waals surface area contributed by atoms with Gasteiger partial charge in [0.1, 0.15) is 5.75 Å². The van der Waals surface area contributed by atoms with Gasteiger partial charge in [0.05, 0.1) is 18.4 Å². The topological polar surface area (TPSA) is 76.1 Å². The fraction of sp³-hybridized carbons (Fsp3) is 0.0556. The lowest BCUT2D eigenvalue weighted by molar-refractivity contribution is 0.102. The van der Waals surface area contributed by atoms with Crippen LogP contribution >= 0.6 is 11.6 Å². The van der Waals surface area contributed by atoms with Crippen LogP contribution in [0.5, 0.6) is 5.75 Å². The summed E-state index contributed by atoms with van der Waals surface area (Å²) >= 11 is 5.82. The van der Waals surface area contributed by atoms with Crippen LogP contribution in [0, 0.1) is 0 Å². The molecule has 0 fully saturated rings. The molecule has 2 N–H and O–H groups in total. The van der Waals surface area contributed by atoms with E-state index < -0.39 is 0 Å². The Labute approximate surface area is 149 Å². The Bertz CT molecular complexity index is 867. The number of hydrogen-bond donors (Lipinski definition) is 2. The van der Waals surface area contributed by atoms with Gasteiger partial charge in [-0.1, -0.05) is 23.7 Å². The predicted molar refractivity (Wildman–Crippen MR) is 97.7 cm³/mol. The van der Waals surface area contributed by atoms with Gasteiger partial charge in [-0.05, 0) is 36.4 Å². The summed E-state index contributed by atoms with van der Waals surface area (Å²) in [5.41, 5.74) is 1.73. The zero-order valence-electron chi connectivity index (χ0n) is 13.4. The SMILES string of the molecule is COc1ccccc1Nc1ncc(C(=O)Nc2ccc(Cl)cc2)cn1. The Hall–Kier alpha value is -3.12. The average molecular weight is 355 g/mol. The van der Waals surface area contributed by atoms with Crippen molar-refractivity contribution in [3.05, 3.63) is 71.5 Å². The van der Waals surface area contributed by atoms with E-state index in [4.69, 9.17) is 16.3 Å². The molecule has 0 bridgehead atoms. The minimum Gasteiger partial charge on any atom is -0.495 e. The number of ether oxygens (including phenoxy) is 1. The fourth-order valence-corrected chi connectivity index (χ4v) is 2.24. The zero-order valence-corrected chi connectivity index (χ0v) is 14.1. The first-order chi connectivity index (χ1) is 12.2. The van der Waals surface area contributed by atoms with Crippen molar-refractivity contribution in [1.82, 2.24) is 9.97 Å². The molecule has 0 saturated carbocycles. The molecule has 3 rings (SSSR count). The summed E-state index contributed by atoms with van der Waals surface area (Å²) in [4.78, 5) is 20.5. The summed E-state index contributed by atoms with van der Waals surface area (Å²) in [6.07, 6.45) is 2.91. The first-order valence-electron chi connectivity index (χ1n) is 7.45. The molecule has 1 aromatic heterocycles. The van der Waals surface area contributed by atoms with Crippen LogP contribution < -0.4 is 15.4 Å². The van der Waals surface area contributed by atoms with Gasteiger partial charge < -0.3 is 15.4 Å². The Kier molecular flexibility index (Phi) is 5.11. The largest absolute Gasteiger partial charge is 0.495 e. The van der Waals surface area contributed by atoms with Gasteiger partial charge in [0.15, 0.2) is 0 Å². The molecule has 1 amide bonds. The average Bonchev–Trinajstić information content (AvgIpc) is 2.64. The van der Waals surface area contributed by atoms with Crippen molar-refractivity contribution in [2.45, 2.75) is 0 Å². The molecule has 0 aliphatic heterocycles. The second kappa shape index (κ2) is 7.63. The number of aromatic nitrogens is 2. The smallest absolute Gasteiger partial charge is 0.258 e. The highest BCUT2D eigenvalue weighted by Gasteiger charge is 2.09. The summed E-state index contributed by atoms with van der Waals surface area (Å²) in [6, 6.07) is 14.3. The van der Waals surface area contributed by atoms with Crippen LogP contribution in [0.15, 0.2) is 60.9 Å². The number of anilines is 3. The van der Waals surface area contributed by atoms with E-state index in [2.05, 4.69) is 20.6 Å². The third kappa shape index (κ3) is 4.24. The molecule has 2 aromatic carbocycles. The van der Waals surface area contributed by atoms with Gasteiger partial charge in [-0.3, -0.25) is 4.79 Å².